The van der Waals surface area contributed by atoms with Crippen LogP contribution in [0, 0.1) is 12.7 Å². The number of aliphatic hydroxyl groups is 1. The maximum atomic E-state index is 13.3. The van der Waals surface area contributed by atoms with Crippen LogP contribution in [-0.2, 0) is 14.8 Å². The fourth-order valence-corrected chi connectivity index (χ4v) is 5.14. The second-order valence-electron chi connectivity index (χ2n) is 7.72. The Hall–Kier alpha value is -2.45. The number of anilines is 1. The van der Waals surface area contributed by atoms with Crippen molar-refractivity contribution >= 4 is 21.6 Å². The molecular weight excluding hydrogens is 407 g/mol. The van der Waals surface area contributed by atoms with Crippen molar-refractivity contribution in [3.05, 3.63) is 59.9 Å². The van der Waals surface area contributed by atoms with E-state index in [1.54, 1.807) is 31.3 Å². The van der Waals surface area contributed by atoms with Crippen molar-refractivity contribution in [2.24, 2.45) is 0 Å². The van der Waals surface area contributed by atoms with Gasteiger partial charge in [0.25, 0.3) is 10.0 Å². The van der Waals surface area contributed by atoms with Crippen LogP contribution in [0.3, 0.4) is 0 Å². The molecule has 2 unspecified atom stereocenters. The average molecular weight is 435 g/mol. The van der Waals surface area contributed by atoms with E-state index in [1.807, 2.05) is 6.92 Å². The molecule has 2 atom stereocenters. The molecule has 2 aromatic carbocycles. The molecule has 1 aliphatic carbocycles. The maximum Gasteiger partial charge on any atom is 0.264 e. The lowest BCUT2D eigenvalue weighted by Crippen LogP contribution is -2.50. The Labute approximate surface area is 177 Å². The molecule has 1 amide bonds. The third kappa shape index (κ3) is 4.82. The SMILES string of the molecule is Cc1ccc(N(CC(=O)N(C)C2CCCCC2O)S(=O)(=O)c2ccc(F)cc2)cc1. The van der Waals surface area contributed by atoms with E-state index in [-0.39, 0.29) is 10.9 Å². The summed E-state index contributed by atoms with van der Waals surface area (Å²) in [5.41, 5.74) is 1.29. The first-order valence-corrected chi connectivity index (χ1v) is 11.4. The maximum absolute atomic E-state index is 13.3. The number of carbonyl (C=O) groups excluding carboxylic acids is 1. The first-order valence-electron chi connectivity index (χ1n) is 9.99. The molecule has 162 valence electrons. The molecule has 0 spiro atoms. The molecule has 8 heteroatoms. The predicted octanol–water partition coefficient (Wildman–Crippen LogP) is 3.09. The van der Waals surface area contributed by atoms with Gasteiger partial charge in [-0.1, -0.05) is 30.5 Å². The fourth-order valence-electron chi connectivity index (χ4n) is 3.72. The highest BCUT2D eigenvalue weighted by molar-refractivity contribution is 7.92. The number of rotatable bonds is 6. The lowest BCUT2D eigenvalue weighted by atomic mass is 9.91. The van der Waals surface area contributed by atoms with E-state index in [0.717, 1.165) is 34.8 Å². The van der Waals surface area contributed by atoms with Gasteiger partial charge in [-0.25, -0.2) is 12.8 Å². The van der Waals surface area contributed by atoms with Gasteiger partial charge in [0, 0.05) is 7.05 Å². The number of benzene rings is 2. The van der Waals surface area contributed by atoms with Crippen molar-refractivity contribution < 1.29 is 22.7 Å². The van der Waals surface area contributed by atoms with E-state index < -0.39 is 34.4 Å². The quantitative estimate of drug-likeness (QED) is 0.758. The standard InChI is InChI=1S/C22H27FN2O4S/c1-16-7-11-18(12-8-16)25(30(28,29)19-13-9-17(23)10-14-19)15-22(27)24(2)20-5-3-4-6-21(20)26/h7-14,20-21,26H,3-6,15H2,1-2H3. The summed E-state index contributed by atoms with van der Waals surface area (Å²) in [4.78, 5) is 14.4. The number of nitrogens with zero attached hydrogens (tertiary/aromatic N) is 2. The van der Waals surface area contributed by atoms with Gasteiger partial charge >= 0.3 is 0 Å². The van der Waals surface area contributed by atoms with Crippen molar-refractivity contribution in [3.63, 3.8) is 0 Å². The molecule has 30 heavy (non-hydrogen) atoms. The number of likely N-dealkylation sites (N-methyl/N-ethyl adjacent to an activating group) is 1. The number of carbonyl (C=O) groups is 1. The Morgan fingerprint density at radius 3 is 2.27 bits per heavy atom. The number of amides is 1. The first-order chi connectivity index (χ1) is 14.2. The summed E-state index contributed by atoms with van der Waals surface area (Å²) in [6.45, 7) is 1.47. The second kappa shape index (κ2) is 9.14. The monoisotopic (exact) mass is 434 g/mol. The predicted molar refractivity (Wildman–Crippen MR) is 113 cm³/mol. The number of hydrogen-bond acceptors (Lipinski definition) is 4. The fraction of sp³-hybridized carbons (Fsp3) is 0.409. The van der Waals surface area contributed by atoms with E-state index >= 15 is 0 Å². The van der Waals surface area contributed by atoms with Gasteiger partial charge in [0.15, 0.2) is 0 Å². The molecule has 1 aliphatic rings. The Balaban J connectivity index is 1.92. The summed E-state index contributed by atoms with van der Waals surface area (Å²) < 4.78 is 41.0. The summed E-state index contributed by atoms with van der Waals surface area (Å²) in [7, 11) is -2.50. The molecule has 0 heterocycles. The van der Waals surface area contributed by atoms with E-state index in [2.05, 4.69) is 0 Å². The van der Waals surface area contributed by atoms with Crippen molar-refractivity contribution in [2.75, 3.05) is 17.9 Å². The smallest absolute Gasteiger partial charge is 0.264 e. The van der Waals surface area contributed by atoms with Gasteiger partial charge in [-0.05, 0) is 56.2 Å². The van der Waals surface area contributed by atoms with Crippen molar-refractivity contribution in [1.82, 2.24) is 4.90 Å². The van der Waals surface area contributed by atoms with Crippen LogP contribution in [0.5, 0.6) is 0 Å². The van der Waals surface area contributed by atoms with Gasteiger partial charge in [-0.3, -0.25) is 9.10 Å². The zero-order valence-electron chi connectivity index (χ0n) is 17.2. The summed E-state index contributed by atoms with van der Waals surface area (Å²) in [6.07, 6.45) is 2.51. The van der Waals surface area contributed by atoms with Crippen LogP contribution in [-0.4, -0.2) is 50.1 Å². The van der Waals surface area contributed by atoms with Crippen LogP contribution in [0.25, 0.3) is 0 Å². The molecular formula is C22H27FN2O4S. The number of aliphatic hydroxyl groups excluding tert-OH is 1. The van der Waals surface area contributed by atoms with Gasteiger partial charge < -0.3 is 10.0 Å². The zero-order chi connectivity index (χ0) is 21.9. The lowest BCUT2D eigenvalue weighted by Gasteiger charge is -2.36. The van der Waals surface area contributed by atoms with Crippen LogP contribution in [0.15, 0.2) is 53.4 Å². The lowest BCUT2D eigenvalue weighted by molar-refractivity contribution is -0.133. The second-order valence-corrected chi connectivity index (χ2v) is 9.59. The molecule has 0 aromatic heterocycles. The molecule has 2 aromatic rings. The summed E-state index contributed by atoms with van der Waals surface area (Å²) in [5.74, 6) is -0.954. The topological polar surface area (TPSA) is 77.9 Å². The third-order valence-corrected chi connectivity index (χ3v) is 7.38. The Kier molecular flexibility index (Phi) is 6.77. The van der Waals surface area contributed by atoms with Gasteiger partial charge in [0.2, 0.25) is 5.91 Å². The van der Waals surface area contributed by atoms with Crippen LogP contribution in [0.1, 0.15) is 31.2 Å². The van der Waals surface area contributed by atoms with Crippen molar-refractivity contribution in [3.8, 4) is 0 Å². The number of halogens is 1. The Bertz CT molecular complexity index is 977. The van der Waals surface area contributed by atoms with Crippen LogP contribution < -0.4 is 4.31 Å². The molecule has 0 aliphatic heterocycles. The normalized spacial score (nSPS) is 19.3. The van der Waals surface area contributed by atoms with E-state index in [1.165, 1.54) is 17.0 Å². The molecule has 0 bridgehead atoms. The average Bonchev–Trinajstić information content (AvgIpc) is 2.72. The van der Waals surface area contributed by atoms with Gasteiger partial charge in [0.1, 0.15) is 12.4 Å². The molecule has 1 N–H and O–H groups in total. The number of aryl methyl sites for hydroxylation is 1. The summed E-state index contributed by atoms with van der Waals surface area (Å²) in [6, 6.07) is 11.0. The number of hydrogen-bond donors (Lipinski definition) is 1. The van der Waals surface area contributed by atoms with Crippen LogP contribution >= 0.6 is 0 Å². The first kappa shape index (κ1) is 22.2. The summed E-state index contributed by atoms with van der Waals surface area (Å²) in [5, 5.41) is 10.3. The van der Waals surface area contributed by atoms with Crippen molar-refractivity contribution in [2.45, 2.75) is 49.6 Å². The molecule has 1 saturated carbocycles. The number of sulfonamides is 1. The van der Waals surface area contributed by atoms with Crippen molar-refractivity contribution in [1.29, 1.82) is 0 Å². The molecule has 0 radical (unpaired) electrons. The summed E-state index contributed by atoms with van der Waals surface area (Å²) >= 11 is 0. The molecule has 6 nitrogen and oxygen atoms in total. The van der Waals surface area contributed by atoms with E-state index in [0.29, 0.717) is 18.5 Å². The minimum atomic E-state index is -4.10. The highest BCUT2D eigenvalue weighted by atomic mass is 32.2. The minimum absolute atomic E-state index is 0.0994. The minimum Gasteiger partial charge on any atom is -0.391 e. The van der Waals surface area contributed by atoms with Gasteiger partial charge in [-0.15, -0.1) is 0 Å². The molecule has 0 saturated heterocycles. The van der Waals surface area contributed by atoms with E-state index in [9.17, 15) is 22.7 Å². The molecule has 3 rings (SSSR count). The zero-order valence-corrected chi connectivity index (χ0v) is 18.0. The van der Waals surface area contributed by atoms with Gasteiger partial charge in [-0.2, -0.15) is 0 Å². The Morgan fingerprint density at radius 2 is 1.67 bits per heavy atom. The highest BCUT2D eigenvalue weighted by Gasteiger charge is 2.33. The van der Waals surface area contributed by atoms with Crippen LogP contribution in [0.2, 0.25) is 0 Å². The molecule has 1 fully saturated rings. The van der Waals surface area contributed by atoms with Gasteiger partial charge in [0.05, 0.1) is 22.7 Å². The van der Waals surface area contributed by atoms with Crippen LogP contribution in [0.4, 0.5) is 10.1 Å². The highest BCUT2D eigenvalue weighted by Crippen LogP contribution is 2.26. The largest absolute Gasteiger partial charge is 0.391 e. The van der Waals surface area contributed by atoms with E-state index in [4.69, 9.17) is 0 Å². The third-order valence-electron chi connectivity index (χ3n) is 5.59. The Morgan fingerprint density at radius 1 is 1.07 bits per heavy atom.